The fraction of sp³-hybridized carbons (Fsp3) is 0.182. The third-order valence-corrected chi connectivity index (χ3v) is 2.05. The van der Waals surface area contributed by atoms with Gasteiger partial charge in [-0.25, -0.2) is 4.79 Å². The molecule has 1 aromatic carbocycles. The fourth-order valence-electron chi connectivity index (χ4n) is 1.41. The van der Waals surface area contributed by atoms with Crippen LogP contribution in [0.25, 0.3) is 5.57 Å². The predicted molar refractivity (Wildman–Crippen MR) is 50.1 cm³/mol. The summed E-state index contributed by atoms with van der Waals surface area (Å²) in [7, 11) is 0. The van der Waals surface area contributed by atoms with Crippen molar-refractivity contribution in [3.05, 3.63) is 41.5 Å². The van der Waals surface area contributed by atoms with Gasteiger partial charge in [0.05, 0.1) is 5.57 Å². The Morgan fingerprint density at radius 2 is 2.23 bits per heavy atom. The summed E-state index contributed by atoms with van der Waals surface area (Å²) in [5, 5.41) is 0. The number of benzene rings is 1. The van der Waals surface area contributed by atoms with Crippen molar-refractivity contribution in [1.29, 1.82) is 0 Å². The van der Waals surface area contributed by atoms with Crippen LogP contribution >= 0.6 is 0 Å². The Labute approximate surface area is 76.8 Å². The Balaban J connectivity index is 2.41. The van der Waals surface area contributed by atoms with Gasteiger partial charge in [0, 0.05) is 0 Å². The van der Waals surface area contributed by atoms with Gasteiger partial charge in [0.15, 0.2) is 0 Å². The van der Waals surface area contributed by atoms with E-state index in [1.165, 1.54) is 0 Å². The number of aryl methyl sites for hydroxylation is 1. The van der Waals surface area contributed by atoms with E-state index in [0.717, 1.165) is 11.1 Å². The molecule has 2 heteroatoms. The molecule has 0 unspecified atom stereocenters. The molecular formula is C11H10O2. The number of esters is 1. The number of carbonyl (C=O) groups is 1. The maximum Gasteiger partial charge on any atom is 0.338 e. The Bertz CT molecular complexity index is 377. The SMILES string of the molecule is Cc1cccc(C2=CCOC2=O)c1. The highest BCUT2D eigenvalue weighted by Crippen LogP contribution is 2.20. The zero-order chi connectivity index (χ0) is 9.26. The third kappa shape index (κ3) is 1.47. The standard InChI is InChI=1S/C11H10O2/c1-8-3-2-4-9(7-8)10-5-6-13-11(10)12/h2-5,7H,6H2,1H3. The molecular weight excluding hydrogens is 164 g/mol. The summed E-state index contributed by atoms with van der Waals surface area (Å²) in [5.74, 6) is -0.217. The number of hydrogen-bond donors (Lipinski definition) is 0. The van der Waals surface area contributed by atoms with Crippen molar-refractivity contribution >= 4 is 11.5 Å². The lowest BCUT2D eigenvalue weighted by Crippen LogP contribution is -1.98. The summed E-state index contributed by atoms with van der Waals surface area (Å²) < 4.78 is 4.83. The Hall–Kier alpha value is -1.57. The second kappa shape index (κ2) is 3.05. The van der Waals surface area contributed by atoms with Gasteiger partial charge in [-0.1, -0.05) is 29.8 Å². The smallest absolute Gasteiger partial charge is 0.338 e. The highest BCUT2D eigenvalue weighted by Gasteiger charge is 2.17. The van der Waals surface area contributed by atoms with Gasteiger partial charge in [-0.15, -0.1) is 0 Å². The predicted octanol–water partition coefficient (Wildman–Crippen LogP) is 1.94. The van der Waals surface area contributed by atoms with Crippen LogP contribution in [0.2, 0.25) is 0 Å². The monoisotopic (exact) mass is 174 g/mol. The van der Waals surface area contributed by atoms with Crippen LogP contribution in [0.15, 0.2) is 30.3 Å². The van der Waals surface area contributed by atoms with E-state index >= 15 is 0 Å². The molecule has 0 fully saturated rings. The van der Waals surface area contributed by atoms with Crippen molar-refractivity contribution in [3.8, 4) is 0 Å². The first kappa shape index (κ1) is 8.05. The minimum Gasteiger partial charge on any atom is -0.458 e. The molecule has 0 saturated heterocycles. The van der Waals surface area contributed by atoms with Crippen molar-refractivity contribution in [3.63, 3.8) is 0 Å². The summed E-state index contributed by atoms with van der Waals surface area (Å²) >= 11 is 0. The normalized spacial score (nSPS) is 15.5. The van der Waals surface area contributed by atoms with Crippen LogP contribution in [0.1, 0.15) is 11.1 Å². The number of cyclic esters (lactones) is 1. The maximum atomic E-state index is 11.2. The first-order valence-electron chi connectivity index (χ1n) is 4.22. The molecule has 0 aliphatic carbocycles. The molecule has 1 aliphatic rings. The van der Waals surface area contributed by atoms with Crippen LogP contribution < -0.4 is 0 Å². The minimum absolute atomic E-state index is 0.217. The van der Waals surface area contributed by atoms with E-state index in [1.54, 1.807) is 0 Å². The highest BCUT2D eigenvalue weighted by molar-refractivity contribution is 6.18. The van der Waals surface area contributed by atoms with E-state index in [1.807, 2.05) is 37.3 Å². The van der Waals surface area contributed by atoms with Gasteiger partial charge >= 0.3 is 5.97 Å². The van der Waals surface area contributed by atoms with E-state index in [-0.39, 0.29) is 5.97 Å². The summed E-state index contributed by atoms with van der Waals surface area (Å²) in [5.41, 5.74) is 2.78. The molecule has 13 heavy (non-hydrogen) atoms. The van der Waals surface area contributed by atoms with Crippen molar-refractivity contribution in [2.75, 3.05) is 6.61 Å². The van der Waals surface area contributed by atoms with Crippen LogP contribution in [0, 0.1) is 6.92 Å². The number of carbonyl (C=O) groups excluding carboxylic acids is 1. The van der Waals surface area contributed by atoms with Gasteiger partial charge in [0.2, 0.25) is 0 Å². The van der Waals surface area contributed by atoms with E-state index in [4.69, 9.17) is 4.74 Å². The largest absolute Gasteiger partial charge is 0.458 e. The summed E-state index contributed by atoms with van der Waals surface area (Å²) in [6.45, 7) is 2.41. The molecule has 1 heterocycles. The second-order valence-corrected chi connectivity index (χ2v) is 3.09. The molecule has 1 aliphatic heterocycles. The quantitative estimate of drug-likeness (QED) is 0.608. The van der Waals surface area contributed by atoms with E-state index in [0.29, 0.717) is 12.2 Å². The lowest BCUT2D eigenvalue weighted by atomic mass is 10.0. The molecule has 0 atom stereocenters. The van der Waals surface area contributed by atoms with E-state index in [9.17, 15) is 4.79 Å². The van der Waals surface area contributed by atoms with Gasteiger partial charge in [0.1, 0.15) is 6.61 Å². The van der Waals surface area contributed by atoms with Crippen LogP contribution in [0.5, 0.6) is 0 Å². The number of rotatable bonds is 1. The average Bonchev–Trinajstić information content (AvgIpc) is 2.51. The lowest BCUT2D eigenvalue weighted by molar-refractivity contribution is -0.133. The minimum atomic E-state index is -0.217. The zero-order valence-electron chi connectivity index (χ0n) is 7.41. The number of hydrogen-bond acceptors (Lipinski definition) is 2. The zero-order valence-corrected chi connectivity index (χ0v) is 7.41. The van der Waals surface area contributed by atoms with Gasteiger partial charge in [-0.2, -0.15) is 0 Å². The molecule has 0 saturated carbocycles. The van der Waals surface area contributed by atoms with E-state index in [2.05, 4.69) is 0 Å². The van der Waals surface area contributed by atoms with Crippen LogP contribution in [-0.2, 0) is 9.53 Å². The van der Waals surface area contributed by atoms with Crippen molar-refractivity contribution < 1.29 is 9.53 Å². The van der Waals surface area contributed by atoms with Crippen LogP contribution in [0.4, 0.5) is 0 Å². The summed E-state index contributed by atoms with van der Waals surface area (Å²) in [6, 6.07) is 7.85. The van der Waals surface area contributed by atoms with Gasteiger partial charge in [0.25, 0.3) is 0 Å². The first-order chi connectivity index (χ1) is 6.27. The third-order valence-electron chi connectivity index (χ3n) is 2.05. The molecule has 1 aromatic rings. The average molecular weight is 174 g/mol. The molecule has 2 nitrogen and oxygen atoms in total. The second-order valence-electron chi connectivity index (χ2n) is 3.09. The van der Waals surface area contributed by atoms with Crippen LogP contribution in [-0.4, -0.2) is 12.6 Å². The van der Waals surface area contributed by atoms with Crippen molar-refractivity contribution in [2.24, 2.45) is 0 Å². The Kier molecular flexibility index (Phi) is 1.89. The molecule has 66 valence electrons. The lowest BCUT2D eigenvalue weighted by Gasteiger charge is -2.00. The Morgan fingerprint density at radius 3 is 2.85 bits per heavy atom. The molecule has 0 aromatic heterocycles. The van der Waals surface area contributed by atoms with E-state index < -0.39 is 0 Å². The topological polar surface area (TPSA) is 26.3 Å². The highest BCUT2D eigenvalue weighted by atomic mass is 16.5. The molecule has 0 spiro atoms. The summed E-state index contributed by atoms with van der Waals surface area (Å²) in [6.07, 6.45) is 1.82. The first-order valence-corrected chi connectivity index (χ1v) is 4.22. The molecule has 0 N–H and O–H groups in total. The maximum absolute atomic E-state index is 11.2. The molecule has 0 bridgehead atoms. The van der Waals surface area contributed by atoms with Crippen LogP contribution in [0.3, 0.4) is 0 Å². The summed E-state index contributed by atoms with van der Waals surface area (Å²) in [4.78, 5) is 11.2. The van der Waals surface area contributed by atoms with Crippen molar-refractivity contribution in [2.45, 2.75) is 6.92 Å². The van der Waals surface area contributed by atoms with Gasteiger partial charge in [-0.3, -0.25) is 0 Å². The molecule has 2 rings (SSSR count). The fourth-order valence-corrected chi connectivity index (χ4v) is 1.41. The molecule has 0 radical (unpaired) electrons. The van der Waals surface area contributed by atoms with Crippen molar-refractivity contribution in [1.82, 2.24) is 0 Å². The molecule has 0 amide bonds. The number of ether oxygens (including phenoxy) is 1. The van der Waals surface area contributed by atoms with Gasteiger partial charge in [-0.05, 0) is 18.6 Å². The van der Waals surface area contributed by atoms with Gasteiger partial charge < -0.3 is 4.74 Å². The Morgan fingerprint density at radius 1 is 1.38 bits per heavy atom.